The molecule has 1 aromatic rings. The molecule has 0 N–H and O–H groups in total. The van der Waals surface area contributed by atoms with Crippen LogP contribution in [0.25, 0.3) is 0 Å². The van der Waals surface area contributed by atoms with E-state index < -0.39 is 0 Å². The van der Waals surface area contributed by atoms with Crippen molar-refractivity contribution in [3.63, 3.8) is 0 Å². The number of ether oxygens (including phenoxy) is 2. The third-order valence-corrected chi connectivity index (χ3v) is 5.31. The van der Waals surface area contributed by atoms with E-state index in [2.05, 4.69) is 6.92 Å². The van der Waals surface area contributed by atoms with Gasteiger partial charge in [0.2, 0.25) is 11.8 Å². The monoisotopic (exact) mass is 423 g/mol. The molecule has 0 aromatic carbocycles. The molecule has 0 saturated carbocycles. The molecule has 0 radical (unpaired) electrons. The maximum Gasteiger partial charge on any atom is 0.242 e. The van der Waals surface area contributed by atoms with E-state index in [0.29, 0.717) is 39.3 Å². The highest BCUT2D eigenvalue weighted by Crippen LogP contribution is 2.10. The van der Waals surface area contributed by atoms with E-state index in [1.165, 1.54) is 25.7 Å². The van der Waals surface area contributed by atoms with Gasteiger partial charge in [0.05, 0.1) is 26.3 Å². The Balaban J connectivity index is 2.65. The first-order valence-corrected chi connectivity index (χ1v) is 11.2. The lowest BCUT2D eigenvalue weighted by atomic mass is 10.1. The summed E-state index contributed by atoms with van der Waals surface area (Å²) in [6, 6.07) is 3.96. The molecular weight excluding hydrogens is 382 g/mol. The first kappa shape index (κ1) is 26.2. The van der Waals surface area contributed by atoms with Gasteiger partial charge in [-0.15, -0.1) is 0 Å². The zero-order valence-electron chi connectivity index (χ0n) is 19.4. The number of carbonyl (C=O) groups is 2. The number of rotatable bonds is 17. The van der Waals surface area contributed by atoms with E-state index in [9.17, 15) is 9.59 Å². The molecule has 7 heteroatoms. The lowest BCUT2D eigenvalue weighted by Crippen LogP contribution is -2.45. The van der Waals surface area contributed by atoms with Crippen molar-refractivity contribution in [1.29, 1.82) is 0 Å². The van der Waals surface area contributed by atoms with Crippen LogP contribution in [0.3, 0.4) is 0 Å². The topological polar surface area (TPSA) is 64.0 Å². The number of aromatic nitrogens is 1. The number of unbranched alkanes of at least 4 members (excludes halogenated alkanes) is 5. The Kier molecular flexibility index (Phi) is 13.9. The molecule has 172 valence electrons. The first-order valence-electron chi connectivity index (χ1n) is 11.2. The Bertz CT molecular complexity index is 603. The average Bonchev–Trinajstić information content (AvgIpc) is 3.14. The van der Waals surface area contributed by atoms with Gasteiger partial charge in [-0.05, 0) is 18.6 Å². The van der Waals surface area contributed by atoms with Crippen LogP contribution in [0.2, 0.25) is 0 Å². The Morgan fingerprint density at radius 2 is 1.57 bits per heavy atom. The Morgan fingerprint density at radius 3 is 2.17 bits per heavy atom. The SMILES string of the molecule is CCCCCCCCC(=O)N(CCOC)CC(=O)N(CCOC)Cc1cccn1C. The summed E-state index contributed by atoms with van der Waals surface area (Å²) in [5.74, 6) is -0.0397. The molecule has 1 heterocycles. The molecule has 0 aliphatic carbocycles. The van der Waals surface area contributed by atoms with Crippen molar-refractivity contribution in [2.45, 2.75) is 58.4 Å². The van der Waals surface area contributed by atoms with Crippen LogP contribution in [0.5, 0.6) is 0 Å². The van der Waals surface area contributed by atoms with Crippen molar-refractivity contribution in [2.75, 3.05) is 47.1 Å². The molecule has 2 amide bonds. The predicted octanol–water partition coefficient (Wildman–Crippen LogP) is 3.23. The third-order valence-electron chi connectivity index (χ3n) is 5.31. The molecule has 30 heavy (non-hydrogen) atoms. The molecule has 0 atom stereocenters. The second-order valence-corrected chi connectivity index (χ2v) is 7.74. The summed E-state index contributed by atoms with van der Waals surface area (Å²) < 4.78 is 12.3. The molecular formula is C23H41N3O4. The fourth-order valence-corrected chi connectivity index (χ4v) is 3.32. The Labute approximate surface area is 182 Å². The molecule has 0 bridgehead atoms. The fourth-order valence-electron chi connectivity index (χ4n) is 3.32. The van der Waals surface area contributed by atoms with Crippen molar-refractivity contribution < 1.29 is 19.1 Å². The van der Waals surface area contributed by atoms with Crippen LogP contribution in [0.15, 0.2) is 18.3 Å². The van der Waals surface area contributed by atoms with Gasteiger partial charge in [-0.1, -0.05) is 39.0 Å². The highest BCUT2D eigenvalue weighted by atomic mass is 16.5. The zero-order valence-corrected chi connectivity index (χ0v) is 19.4. The van der Waals surface area contributed by atoms with Crippen molar-refractivity contribution in [3.8, 4) is 0 Å². The molecule has 0 spiro atoms. The van der Waals surface area contributed by atoms with Gasteiger partial charge in [0.15, 0.2) is 0 Å². The largest absolute Gasteiger partial charge is 0.383 e. The predicted molar refractivity (Wildman–Crippen MR) is 119 cm³/mol. The van der Waals surface area contributed by atoms with E-state index in [1.807, 2.05) is 29.9 Å². The fraction of sp³-hybridized carbons (Fsp3) is 0.739. The van der Waals surface area contributed by atoms with Crippen LogP contribution in [0.1, 0.15) is 57.6 Å². The van der Waals surface area contributed by atoms with Crippen LogP contribution in [-0.2, 0) is 32.7 Å². The smallest absolute Gasteiger partial charge is 0.242 e. The number of hydrogen-bond acceptors (Lipinski definition) is 4. The van der Waals surface area contributed by atoms with Gasteiger partial charge < -0.3 is 23.8 Å². The summed E-state index contributed by atoms with van der Waals surface area (Å²) in [6.07, 6.45) is 9.24. The summed E-state index contributed by atoms with van der Waals surface area (Å²) in [5, 5.41) is 0. The number of amides is 2. The molecule has 0 saturated heterocycles. The minimum Gasteiger partial charge on any atom is -0.383 e. The molecule has 1 aromatic heterocycles. The standard InChI is InChI=1S/C23H41N3O4/c1-5-6-7-8-9-10-13-22(27)26(16-18-30-4)20-23(28)25(15-17-29-3)19-21-12-11-14-24(21)2/h11-12,14H,5-10,13,15-20H2,1-4H3. The van der Waals surface area contributed by atoms with Crippen molar-refractivity contribution >= 4 is 11.8 Å². The van der Waals surface area contributed by atoms with Crippen molar-refractivity contribution in [1.82, 2.24) is 14.4 Å². The van der Waals surface area contributed by atoms with Crippen molar-refractivity contribution in [2.24, 2.45) is 7.05 Å². The van der Waals surface area contributed by atoms with E-state index in [4.69, 9.17) is 9.47 Å². The van der Waals surface area contributed by atoms with Gasteiger partial charge in [-0.2, -0.15) is 0 Å². The number of aryl methyl sites for hydroxylation is 1. The van der Waals surface area contributed by atoms with Gasteiger partial charge in [-0.3, -0.25) is 9.59 Å². The minimum atomic E-state index is -0.0688. The summed E-state index contributed by atoms with van der Waals surface area (Å²) in [7, 11) is 5.20. The molecule has 0 fully saturated rings. The molecule has 0 aliphatic rings. The molecule has 1 rings (SSSR count). The summed E-state index contributed by atoms with van der Waals surface area (Å²) in [4.78, 5) is 29.2. The number of hydrogen-bond donors (Lipinski definition) is 0. The second-order valence-electron chi connectivity index (χ2n) is 7.74. The van der Waals surface area contributed by atoms with E-state index in [-0.39, 0.29) is 18.4 Å². The van der Waals surface area contributed by atoms with Crippen LogP contribution in [0, 0.1) is 0 Å². The van der Waals surface area contributed by atoms with E-state index >= 15 is 0 Å². The molecule has 7 nitrogen and oxygen atoms in total. The highest BCUT2D eigenvalue weighted by Gasteiger charge is 2.21. The number of methoxy groups -OCH3 is 2. The Hall–Kier alpha value is -1.86. The van der Waals surface area contributed by atoms with E-state index in [0.717, 1.165) is 18.5 Å². The van der Waals surface area contributed by atoms with E-state index in [1.54, 1.807) is 24.0 Å². The van der Waals surface area contributed by atoms with Crippen LogP contribution < -0.4 is 0 Å². The average molecular weight is 424 g/mol. The maximum absolute atomic E-state index is 13.0. The zero-order chi connectivity index (χ0) is 22.2. The van der Waals surface area contributed by atoms with Gasteiger partial charge in [0.25, 0.3) is 0 Å². The second kappa shape index (κ2) is 15.9. The van der Waals surface area contributed by atoms with Gasteiger partial charge in [-0.25, -0.2) is 0 Å². The van der Waals surface area contributed by atoms with Crippen molar-refractivity contribution in [3.05, 3.63) is 24.0 Å². The third kappa shape index (κ3) is 10.3. The van der Waals surface area contributed by atoms with Gasteiger partial charge in [0.1, 0.15) is 0 Å². The van der Waals surface area contributed by atoms with Crippen LogP contribution in [-0.4, -0.2) is 73.2 Å². The molecule has 0 aliphatic heterocycles. The van der Waals surface area contributed by atoms with Crippen LogP contribution >= 0.6 is 0 Å². The first-order chi connectivity index (χ1) is 14.5. The number of nitrogens with zero attached hydrogens (tertiary/aromatic N) is 3. The summed E-state index contributed by atoms with van der Waals surface area (Å²) in [5.41, 5.74) is 1.04. The van der Waals surface area contributed by atoms with Gasteiger partial charge >= 0.3 is 0 Å². The lowest BCUT2D eigenvalue weighted by Gasteiger charge is -2.28. The minimum absolute atomic E-state index is 0.0291. The number of carbonyl (C=O) groups excluding carboxylic acids is 2. The lowest BCUT2D eigenvalue weighted by molar-refractivity contribution is -0.141. The molecule has 0 unspecified atom stereocenters. The summed E-state index contributed by atoms with van der Waals surface area (Å²) >= 11 is 0. The highest BCUT2D eigenvalue weighted by molar-refractivity contribution is 5.84. The normalized spacial score (nSPS) is 10.9. The quantitative estimate of drug-likeness (QED) is 0.361. The van der Waals surface area contributed by atoms with Crippen LogP contribution in [0.4, 0.5) is 0 Å². The maximum atomic E-state index is 13.0. The summed E-state index contributed by atoms with van der Waals surface area (Å²) in [6.45, 7) is 4.57. The Morgan fingerprint density at radius 1 is 0.933 bits per heavy atom. The van der Waals surface area contributed by atoms with Gasteiger partial charge in [0, 0.05) is 52.7 Å².